The molecule has 1 heterocycles. The van der Waals surface area contributed by atoms with Crippen molar-refractivity contribution < 1.29 is 19.7 Å². The first-order valence-corrected chi connectivity index (χ1v) is 12.9. The van der Waals surface area contributed by atoms with Gasteiger partial charge in [-0.1, -0.05) is 77.3 Å². The van der Waals surface area contributed by atoms with E-state index in [0.29, 0.717) is 22.7 Å². The van der Waals surface area contributed by atoms with Gasteiger partial charge in [0.2, 0.25) is 5.88 Å². The zero-order chi connectivity index (χ0) is 27.1. The van der Waals surface area contributed by atoms with Crippen molar-refractivity contribution in [3.63, 3.8) is 0 Å². The van der Waals surface area contributed by atoms with Gasteiger partial charge >= 0.3 is 0 Å². The van der Waals surface area contributed by atoms with E-state index in [9.17, 15) is 15.0 Å². The number of ether oxygens (including phenoxy) is 1. The fraction of sp³-hybridized carbons (Fsp3) is 0.179. The number of carbonyl (C=O) groups is 1. The molecule has 4 rings (SSSR count). The molecular weight excluding hydrogens is 549 g/mol. The molecule has 0 bridgehead atoms. The first-order chi connectivity index (χ1) is 18.4. The normalized spacial score (nSPS) is 10.8. The summed E-state index contributed by atoms with van der Waals surface area (Å²) >= 11 is 18.2. The predicted molar refractivity (Wildman–Crippen MR) is 148 cm³/mol. The molecule has 0 atom stereocenters. The standard InChI is InChI=1S/C28H24Cl3N3O4/c29-21-8-6-18(7-9-21)10-13-38-27-22(28(37)34(11-12-35)17-19-4-2-1-3-5-19)16-25(32-33-27)20-14-23(30)26(36)24(31)15-20/h1-9,14-16,35-36H,10-13,17H2. The minimum Gasteiger partial charge on any atom is -0.505 e. The van der Waals surface area contributed by atoms with Gasteiger partial charge in [0.25, 0.3) is 5.91 Å². The molecular formula is C28H24Cl3N3O4. The molecule has 196 valence electrons. The summed E-state index contributed by atoms with van der Waals surface area (Å²) in [6.07, 6.45) is 0.557. The van der Waals surface area contributed by atoms with Gasteiger partial charge in [-0.2, -0.15) is 0 Å². The van der Waals surface area contributed by atoms with E-state index < -0.39 is 5.91 Å². The third-order valence-electron chi connectivity index (χ3n) is 5.72. The van der Waals surface area contributed by atoms with Crippen LogP contribution in [0.15, 0.2) is 72.8 Å². The number of nitrogens with zero attached hydrogens (tertiary/aromatic N) is 3. The van der Waals surface area contributed by atoms with Crippen LogP contribution in [0.3, 0.4) is 0 Å². The van der Waals surface area contributed by atoms with E-state index in [1.807, 2.05) is 42.5 Å². The maximum atomic E-state index is 13.8. The van der Waals surface area contributed by atoms with E-state index in [0.717, 1.165) is 11.1 Å². The van der Waals surface area contributed by atoms with Crippen LogP contribution in [0, 0.1) is 0 Å². The van der Waals surface area contributed by atoms with Crippen LogP contribution in [0.4, 0.5) is 0 Å². The largest absolute Gasteiger partial charge is 0.505 e. The average Bonchev–Trinajstić information content (AvgIpc) is 2.92. The van der Waals surface area contributed by atoms with E-state index >= 15 is 0 Å². The SMILES string of the molecule is O=C(c1cc(-c2cc(Cl)c(O)c(Cl)c2)nnc1OCCc1ccc(Cl)cc1)N(CCO)Cc1ccccc1. The van der Waals surface area contributed by atoms with Crippen LogP contribution in [0.25, 0.3) is 11.3 Å². The number of hydrogen-bond donors (Lipinski definition) is 2. The number of rotatable bonds is 10. The van der Waals surface area contributed by atoms with Gasteiger partial charge < -0.3 is 19.8 Å². The Morgan fingerprint density at radius 1 is 0.895 bits per heavy atom. The second-order valence-electron chi connectivity index (χ2n) is 8.40. The number of aliphatic hydroxyl groups is 1. The van der Waals surface area contributed by atoms with Crippen LogP contribution in [-0.2, 0) is 13.0 Å². The van der Waals surface area contributed by atoms with Gasteiger partial charge in [0.1, 0.15) is 5.56 Å². The van der Waals surface area contributed by atoms with Crippen molar-refractivity contribution >= 4 is 40.7 Å². The summed E-state index contributed by atoms with van der Waals surface area (Å²) in [4.78, 5) is 15.3. The minimum absolute atomic E-state index is 0.0384. The average molecular weight is 573 g/mol. The van der Waals surface area contributed by atoms with Gasteiger partial charge in [0.15, 0.2) is 5.75 Å². The third-order valence-corrected chi connectivity index (χ3v) is 6.55. The van der Waals surface area contributed by atoms with E-state index in [-0.39, 0.29) is 53.5 Å². The van der Waals surface area contributed by atoms with E-state index in [4.69, 9.17) is 39.5 Å². The molecule has 0 aliphatic rings. The van der Waals surface area contributed by atoms with Crippen molar-refractivity contribution in [3.05, 3.63) is 105 Å². The molecule has 0 saturated carbocycles. The van der Waals surface area contributed by atoms with Gasteiger partial charge in [-0.25, -0.2) is 0 Å². The Bertz CT molecular complexity index is 1380. The van der Waals surface area contributed by atoms with Crippen LogP contribution in [-0.4, -0.2) is 51.0 Å². The van der Waals surface area contributed by atoms with E-state index in [1.54, 1.807) is 18.2 Å². The lowest BCUT2D eigenvalue weighted by Gasteiger charge is -2.23. The molecule has 1 amide bonds. The maximum absolute atomic E-state index is 13.8. The van der Waals surface area contributed by atoms with E-state index in [2.05, 4.69) is 10.2 Å². The van der Waals surface area contributed by atoms with Crippen molar-refractivity contribution in [1.82, 2.24) is 15.1 Å². The summed E-state index contributed by atoms with van der Waals surface area (Å²) in [6.45, 7) is 0.400. The van der Waals surface area contributed by atoms with Crippen molar-refractivity contribution in [3.8, 4) is 22.9 Å². The summed E-state index contributed by atoms with van der Waals surface area (Å²) in [5, 5.41) is 28.7. The topological polar surface area (TPSA) is 95.8 Å². The zero-order valence-corrected chi connectivity index (χ0v) is 22.4. The Kier molecular flexibility index (Phi) is 9.42. The van der Waals surface area contributed by atoms with Crippen LogP contribution < -0.4 is 4.74 Å². The molecule has 0 saturated heterocycles. The Morgan fingerprint density at radius 2 is 1.58 bits per heavy atom. The van der Waals surface area contributed by atoms with Crippen LogP contribution in [0.1, 0.15) is 21.5 Å². The Labute approximate surface area is 235 Å². The molecule has 0 aliphatic carbocycles. The molecule has 0 spiro atoms. The van der Waals surface area contributed by atoms with Crippen molar-refractivity contribution in [2.24, 2.45) is 0 Å². The highest BCUT2D eigenvalue weighted by Gasteiger charge is 2.23. The molecule has 0 radical (unpaired) electrons. The van der Waals surface area contributed by atoms with Crippen molar-refractivity contribution in [2.75, 3.05) is 19.8 Å². The number of carbonyl (C=O) groups excluding carboxylic acids is 1. The number of phenolic OH excluding ortho intramolecular Hbond substituents is 1. The summed E-state index contributed by atoms with van der Waals surface area (Å²) in [5.74, 6) is -0.586. The maximum Gasteiger partial charge on any atom is 0.259 e. The number of aromatic nitrogens is 2. The Balaban J connectivity index is 1.67. The Hall–Kier alpha value is -3.36. The number of amides is 1. The zero-order valence-electron chi connectivity index (χ0n) is 20.2. The van der Waals surface area contributed by atoms with Gasteiger partial charge in [0, 0.05) is 30.1 Å². The number of aromatic hydroxyl groups is 1. The number of benzene rings is 3. The molecule has 1 aromatic heterocycles. The first-order valence-electron chi connectivity index (χ1n) is 11.7. The summed E-state index contributed by atoms with van der Waals surface area (Å²) in [5.41, 5.74) is 2.84. The highest BCUT2D eigenvalue weighted by Crippen LogP contribution is 2.36. The quantitative estimate of drug-likeness (QED) is 0.240. The number of phenols is 1. The van der Waals surface area contributed by atoms with E-state index in [1.165, 1.54) is 17.0 Å². The second-order valence-corrected chi connectivity index (χ2v) is 9.65. The third kappa shape index (κ3) is 6.94. The second kappa shape index (κ2) is 12.9. The molecule has 3 aromatic carbocycles. The molecule has 0 fully saturated rings. The summed E-state index contributed by atoms with van der Waals surface area (Å²) < 4.78 is 5.92. The summed E-state index contributed by atoms with van der Waals surface area (Å²) in [7, 11) is 0. The highest BCUT2D eigenvalue weighted by atomic mass is 35.5. The van der Waals surface area contributed by atoms with Crippen LogP contribution in [0.5, 0.6) is 11.6 Å². The monoisotopic (exact) mass is 571 g/mol. The van der Waals surface area contributed by atoms with Gasteiger partial charge in [-0.3, -0.25) is 4.79 Å². The summed E-state index contributed by atoms with van der Waals surface area (Å²) in [6, 6.07) is 21.4. The predicted octanol–water partition coefficient (Wildman–Crippen LogP) is 6.07. The van der Waals surface area contributed by atoms with Crippen molar-refractivity contribution in [2.45, 2.75) is 13.0 Å². The number of halogens is 3. The first kappa shape index (κ1) is 27.7. The molecule has 10 heteroatoms. The fourth-order valence-corrected chi connectivity index (χ4v) is 4.37. The lowest BCUT2D eigenvalue weighted by atomic mass is 10.1. The molecule has 4 aromatic rings. The van der Waals surface area contributed by atoms with Gasteiger partial charge in [-0.15, -0.1) is 10.2 Å². The smallest absolute Gasteiger partial charge is 0.259 e. The minimum atomic E-state index is -0.392. The Morgan fingerprint density at radius 3 is 2.24 bits per heavy atom. The lowest BCUT2D eigenvalue weighted by Crippen LogP contribution is -2.33. The lowest BCUT2D eigenvalue weighted by molar-refractivity contribution is 0.0702. The fourth-order valence-electron chi connectivity index (χ4n) is 3.76. The number of hydrogen-bond acceptors (Lipinski definition) is 6. The van der Waals surface area contributed by atoms with Crippen LogP contribution >= 0.6 is 34.8 Å². The molecule has 0 aliphatic heterocycles. The molecule has 0 unspecified atom stereocenters. The van der Waals surface area contributed by atoms with Crippen LogP contribution in [0.2, 0.25) is 15.1 Å². The van der Waals surface area contributed by atoms with Crippen molar-refractivity contribution in [1.29, 1.82) is 0 Å². The van der Waals surface area contributed by atoms with Gasteiger partial charge in [0.05, 0.1) is 29.0 Å². The molecule has 7 nitrogen and oxygen atoms in total. The molecule has 38 heavy (non-hydrogen) atoms. The number of aliphatic hydroxyl groups excluding tert-OH is 1. The van der Waals surface area contributed by atoms with Gasteiger partial charge in [-0.05, 0) is 41.5 Å². The highest BCUT2D eigenvalue weighted by molar-refractivity contribution is 6.37. The molecule has 2 N–H and O–H groups in total.